The molecule has 1 aliphatic heterocycles. The van der Waals surface area contributed by atoms with Crippen molar-refractivity contribution in [2.45, 2.75) is 38.6 Å². The number of piperidine rings is 1. The van der Waals surface area contributed by atoms with Crippen LogP contribution in [0, 0.1) is 0 Å². The van der Waals surface area contributed by atoms with Crippen molar-refractivity contribution in [2.75, 3.05) is 6.54 Å². The van der Waals surface area contributed by atoms with Crippen molar-refractivity contribution in [1.82, 2.24) is 4.90 Å². The molecule has 1 amide bonds. The maximum atomic E-state index is 12.8. The van der Waals surface area contributed by atoms with Gasteiger partial charge < -0.3 is 4.90 Å². The average molecular weight is 334 g/mol. The first kappa shape index (κ1) is 15.6. The van der Waals surface area contributed by atoms with Gasteiger partial charge in [0.1, 0.15) is 0 Å². The second-order valence-electron chi connectivity index (χ2n) is 5.73. The zero-order chi connectivity index (χ0) is 15.5. The predicted molar refractivity (Wildman–Crippen MR) is 93.7 cm³/mol. The lowest BCUT2D eigenvalue weighted by Crippen LogP contribution is -2.43. The predicted octanol–water partition coefficient (Wildman–Crippen LogP) is 5.47. The van der Waals surface area contributed by atoms with E-state index < -0.39 is 0 Å². The van der Waals surface area contributed by atoms with Gasteiger partial charge in [-0.25, -0.2) is 0 Å². The molecule has 4 heteroatoms. The lowest BCUT2D eigenvalue weighted by Gasteiger charge is -2.35. The van der Waals surface area contributed by atoms with Gasteiger partial charge in [0.05, 0.1) is 4.88 Å². The Labute approximate surface area is 140 Å². The largest absolute Gasteiger partial charge is 0.335 e. The fourth-order valence-electron chi connectivity index (χ4n) is 3.08. The highest BCUT2D eigenvalue weighted by Crippen LogP contribution is 2.31. The normalized spacial score (nSPS) is 18.5. The first-order chi connectivity index (χ1) is 10.7. The number of carbonyl (C=O) groups excluding carboxylic acids is 1. The summed E-state index contributed by atoms with van der Waals surface area (Å²) in [6, 6.07) is 12.1. The molecule has 0 bridgehead atoms. The zero-order valence-electron chi connectivity index (χ0n) is 12.7. The van der Waals surface area contributed by atoms with Gasteiger partial charge in [-0.1, -0.05) is 30.7 Å². The first-order valence-electron chi connectivity index (χ1n) is 7.86. The number of thiophene rings is 1. The van der Waals surface area contributed by atoms with E-state index >= 15 is 0 Å². The van der Waals surface area contributed by atoms with Crippen LogP contribution in [0.1, 0.15) is 42.3 Å². The molecular formula is C18H20ClNOS. The monoisotopic (exact) mass is 333 g/mol. The van der Waals surface area contributed by atoms with E-state index in [9.17, 15) is 4.79 Å². The molecule has 22 heavy (non-hydrogen) atoms. The molecule has 1 aliphatic rings. The van der Waals surface area contributed by atoms with E-state index in [1.165, 1.54) is 6.42 Å². The molecule has 0 aliphatic carbocycles. The van der Waals surface area contributed by atoms with Gasteiger partial charge in [0.25, 0.3) is 5.91 Å². The molecule has 1 atom stereocenters. The Kier molecular flexibility index (Phi) is 4.84. The van der Waals surface area contributed by atoms with E-state index in [2.05, 4.69) is 11.8 Å². The lowest BCUT2D eigenvalue weighted by molar-refractivity contribution is 0.0613. The van der Waals surface area contributed by atoms with Gasteiger partial charge in [-0.3, -0.25) is 4.79 Å². The van der Waals surface area contributed by atoms with Gasteiger partial charge in [-0.05, 0) is 55.5 Å². The number of amides is 1. The summed E-state index contributed by atoms with van der Waals surface area (Å²) in [7, 11) is 0. The quantitative estimate of drug-likeness (QED) is 0.729. The van der Waals surface area contributed by atoms with Gasteiger partial charge in [0, 0.05) is 22.5 Å². The van der Waals surface area contributed by atoms with Crippen molar-refractivity contribution in [3.8, 4) is 10.4 Å². The van der Waals surface area contributed by atoms with Crippen LogP contribution in [0.2, 0.25) is 5.02 Å². The molecule has 3 rings (SSSR count). The van der Waals surface area contributed by atoms with Crippen LogP contribution in [0.4, 0.5) is 0 Å². The summed E-state index contributed by atoms with van der Waals surface area (Å²) in [5, 5.41) is 0.723. The summed E-state index contributed by atoms with van der Waals surface area (Å²) in [6.45, 7) is 3.06. The average Bonchev–Trinajstić information content (AvgIpc) is 3.04. The number of benzene rings is 1. The Hall–Kier alpha value is -1.32. The minimum absolute atomic E-state index is 0.185. The molecule has 1 fully saturated rings. The maximum absolute atomic E-state index is 12.8. The molecule has 0 spiro atoms. The molecule has 0 saturated carbocycles. The molecule has 1 aromatic heterocycles. The fourth-order valence-corrected chi connectivity index (χ4v) is 4.23. The molecule has 116 valence electrons. The van der Waals surface area contributed by atoms with Crippen molar-refractivity contribution < 1.29 is 4.79 Å². The number of hydrogen-bond acceptors (Lipinski definition) is 2. The second kappa shape index (κ2) is 6.84. The minimum atomic E-state index is 0.185. The lowest BCUT2D eigenvalue weighted by atomic mass is 10.00. The molecular weight excluding hydrogens is 314 g/mol. The highest BCUT2D eigenvalue weighted by Gasteiger charge is 2.27. The van der Waals surface area contributed by atoms with Crippen LogP contribution < -0.4 is 0 Å². The third-order valence-corrected chi connectivity index (χ3v) is 5.64. The molecule has 2 heterocycles. The van der Waals surface area contributed by atoms with Crippen molar-refractivity contribution >= 4 is 28.8 Å². The van der Waals surface area contributed by atoms with Gasteiger partial charge in [-0.2, -0.15) is 0 Å². The Bertz CT molecular complexity index is 667. The summed E-state index contributed by atoms with van der Waals surface area (Å²) in [6.07, 6.45) is 4.53. The molecule has 2 nitrogen and oxygen atoms in total. The second-order valence-corrected chi connectivity index (χ2v) is 7.25. The summed E-state index contributed by atoms with van der Waals surface area (Å²) < 4.78 is 0. The van der Waals surface area contributed by atoms with Crippen LogP contribution in [0.5, 0.6) is 0 Å². The topological polar surface area (TPSA) is 20.3 Å². The highest BCUT2D eigenvalue weighted by molar-refractivity contribution is 7.17. The summed E-state index contributed by atoms with van der Waals surface area (Å²) in [5.74, 6) is 0.185. The van der Waals surface area contributed by atoms with Gasteiger partial charge in [0.2, 0.25) is 0 Å². The van der Waals surface area contributed by atoms with Gasteiger partial charge in [0.15, 0.2) is 0 Å². The van der Waals surface area contributed by atoms with E-state index in [1.54, 1.807) is 11.3 Å². The van der Waals surface area contributed by atoms with E-state index in [0.29, 0.717) is 6.04 Å². The van der Waals surface area contributed by atoms with Crippen molar-refractivity contribution in [3.05, 3.63) is 46.3 Å². The summed E-state index contributed by atoms with van der Waals surface area (Å²) in [4.78, 5) is 16.8. The van der Waals surface area contributed by atoms with Crippen LogP contribution in [0.3, 0.4) is 0 Å². The van der Waals surface area contributed by atoms with Gasteiger partial charge >= 0.3 is 0 Å². The minimum Gasteiger partial charge on any atom is -0.335 e. The Morgan fingerprint density at radius 1 is 1.32 bits per heavy atom. The first-order valence-corrected chi connectivity index (χ1v) is 9.05. The standard InChI is InChI=1S/C18H20ClNOS/c1-2-15-8-3-4-11-20(15)18(21)17-10-9-16(22-17)13-6-5-7-14(19)12-13/h5-7,9-10,12,15H,2-4,8,11H2,1H3. The fraction of sp³-hybridized carbons (Fsp3) is 0.389. The van der Waals surface area contributed by atoms with E-state index in [1.807, 2.05) is 36.4 Å². The van der Waals surface area contributed by atoms with Crippen molar-refractivity contribution in [2.24, 2.45) is 0 Å². The Morgan fingerprint density at radius 2 is 2.18 bits per heavy atom. The van der Waals surface area contributed by atoms with Crippen molar-refractivity contribution in [1.29, 1.82) is 0 Å². The van der Waals surface area contributed by atoms with Crippen molar-refractivity contribution in [3.63, 3.8) is 0 Å². The highest BCUT2D eigenvalue weighted by atomic mass is 35.5. The molecule has 1 unspecified atom stereocenters. The SMILES string of the molecule is CCC1CCCCN1C(=O)c1ccc(-c2cccc(Cl)c2)s1. The third kappa shape index (κ3) is 3.21. The van der Waals surface area contributed by atoms with Crippen LogP contribution in [0.25, 0.3) is 10.4 Å². The Balaban J connectivity index is 1.82. The molecule has 2 aromatic rings. The number of carbonyl (C=O) groups is 1. The van der Waals surface area contributed by atoms with Crippen LogP contribution in [-0.2, 0) is 0 Å². The van der Waals surface area contributed by atoms with E-state index in [0.717, 1.165) is 46.1 Å². The van der Waals surface area contributed by atoms with Crippen LogP contribution in [-0.4, -0.2) is 23.4 Å². The number of nitrogens with zero attached hydrogens (tertiary/aromatic N) is 1. The van der Waals surface area contributed by atoms with Gasteiger partial charge in [-0.15, -0.1) is 11.3 Å². The summed E-state index contributed by atoms with van der Waals surface area (Å²) in [5.41, 5.74) is 1.07. The molecule has 0 radical (unpaired) electrons. The van der Waals surface area contributed by atoms with E-state index in [4.69, 9.17) is 11.6 Å². The number of hydrogen-bond donors (Lipinski definition) is 0. The molecule has 1 aromatic carbocycles. The van der Waals surface area contributed by atoms with Crippen LogP contribution in [0.15, 0.2) is 36.4 Å². The van der Waals surface area contributed by atoms with Crippen LogP contribution >= 0.6 is 22.9 Å². The number of likely N-dealkylation sites (tertiary alicyclic amines) is 1. The molecule has 1 saturated heterocycles. The zero-order valence-corrected chi connectivity index (χ0v) is 14.3. The summed E-state index contributed by atoms with van der Waals surface area (Å²) >= 11 is 7.61. The smallest absolute Gasteiger partial charge is 0.264 e. The Morgan fingerprint density at radius 3 is 2.95 bits per heavy atom. The molecule has 0 N–H and O–H groups in total. The number of rotatable bonds is 3. The maximum Gasteiger partial charge on any atom is 0.264 e. The third-order valence-electron chi connectivity index (χ3n) is 4.29. The number of halogens is 1. The van der Waals surface area contributed by atoms with E-state index in [-0.39, 0.29) is 5.91 Å².